The van der Waals surface area contributed by atoms with Crippen LogP contribution in [0, 0.1) is 5.82 Å². The lowest BCUT2D eigenvalue weighted by molar-refractivity contribution is -0.113. The third-order valence-electron chi connectivity index (χ3n) is 4.45. The highest BCUT2D eigenvalue weighted by Crippen LogP contribution is 2.49. The zero-order chi connectivity index (χ0) is 20.4. The average molecular weight is 409 g/mol. The minimum absolute atomic E-state index is 0.0956. The number of carboxylic acid groups (broad SMARTS) is 1. The Balaban J connectivity index is 1.52. The molecule has 0 radical (unpaired) electrons. The molecule has 146 valence electrons. The van der Waals surface area contributed by atoms with E-state index in [-0.39, 0.29) is 28.3 Å². The van der Waals surface area contributed by atoms with E-state index in [2.05, 4.69) is 5.32 Å². The van der Waals surface area contributed by atoms with Crippen LogP contribution in [0.1, 0.15) is 26.7 Å². The number of anilines is 1. The maximum atomic E-state index is 13.8. The lowest BCUT2D eigenvalue weighted by Crippen LogP contribution is -2.17. The van der Waals surface area contributed by atoms with Crippen molar-refractivity contribution in [1.82, 2.24) is 0 Å². The van der Waals surface area contributed by atoms with Crippen molar-refractivity contribution in [2.75, 3.05) is 11.1 Å². The first-order valence-corrected chi connectivity index (χ1v) is 9.87. The van der Waals surface area contributed by atoms with Gasteiger partial charge in [0.15, 0.2) is 0 Å². The molecule has 2 N–H and O–H groups in total. The molecule has 0 saturated heterocycles. The van der Waals surface area contributed by atoms with Crippen LogP contribution in [0.25, 0.3) is 0 Å². The number of aromatic carboxylic acids is 1. The first-order chi connectivity index (χ1) is 14.0. The van der Waals surface area contributed by atoms with Crippen LogP contribution in [0.2, 0.25) is 0 Å². The Morgan fingerprint density at radius 1 is 1.00 bits per heavy atom. The summed E-state index contributed by atoms with van der Waals surface area (Å²) in [5, 5.41) is 11.5. The van der Waals surface area contributed by atoms with Crippen LogP contribution in [0.15, 0.2) is 66.7 Å². The number of amides is 1. The molecule has 1 atom stereocenters. The van der Waals surface area contributed by atoms with Gasteiger partial charge in [0.2, 0.25) is 5.91 Å². The molecule has 0 aliphatic carbocycles. The molecule has 0 unspecified atom stereocenters. The van der Waals surface area contributed by atoms with Crippen LogP contribution < -0.4 is 10.1 Å². The Morgan fingerprint density at radius 2 is 1.79 bits per heavy atom. The van der Waals surface area contributed by atoms with Crippen molar-refractivity contribution in [2.24, 2.45) is 0 Å². The van der Waals surface area contributed by atoms with Gasteiger partial charge in [0.05, 0.1) is 16.6 Å². The minimum Gasteiger partial charge on any atom is -0.478 e. The molecule has 1 amide bonds. The summed E-state index contributed by atoms with van der Waals surface area (Å²) in [4.78, 5) is 23.5. The van der Waals surface area contributed by atoms with Crippen LogP contribution in [-0.4, -0.2) is 22.7 Å². The van der Waals surface area contributed by atoms with Crippen molar-refractivity contribution >= 4 is 29.3 Å². The second-order valence-corrected chi connectivity index (χ2v) is 7.54. The lowest BCUT2D eigenvalue weighted by atomic mass is 10.00. The number of hydrogen-bond acceptors (Lipinski definition) is 4. The van der Waals surface area contributed by atoms with Crippen molar-refractivity contribution in [3.63, 3.8) is 0 Å². The van der Waals surface area contributed by atoms with E-state index in [1.807, 2.05) is 24.3 Å². The molecule has 1 aliphatic heterocycles. The Bertz CT molecular complexity index is 1100. The van der Waals surface area contributed by atoms with Crippen molar-refractivity contribution in [3.05, 3.63) is 89.2 Å². The van der Waals surface area contributed by atoms with Gasteiger partial charge in [-0.05, 0) is 42.5 Å². The number of fused-ring (bicyclic) bond motifs is 2. The van der Waals surface area contributed by atoms with E-state index in [1.165, 1.54) is 36.0 Å². The topological polar surface area (TPSA) is 75.6 Å². The van der Waals surface area contributed by atoms with Gasteiger partial charge in [0.1, 0.15) is 17.3 Å². The molecule has 1 heterocycles. The smallest absolute Gasteiger partial charge is 0.335 e. The van der Waals surface area contributed by atoms with E-state index >= 15 is 0 Å². The summed E-state index contributed by atoms with van der Waals surface area (Å²) in [6.07, 6.45) is 0. The molecule has 5 nitrogen and oxygen atoms in total. The number of carbonyl (C=O) groups is 2. The highest BCUT2D eigenvalue weighted by atomic mass is 32.2. The summed E-state index contributed by atoms with van der Waals surface area (Å²) < 4.78 is 19.7. The molecule has 1 aliphatic rings. The monoisotopic (exact) mass is 409 g/mol. The number of halogens is 1. The van der Waals surface area contributed by atoms with Crippen LogP contribution >= 0.6 is 11.8 Å². The van der Waals surface area contributed by atoms with Gasteiger partial charge in [-0.15, -0.1) is 11.8 Å². The molecule has 3 aromatic carbocycles. The van der Waals surface area contributed by atoms with Gasteiger partial charge in [-0.25, -0.2) is 9.18 Å². The predicted octanol–water partition coefficient (Wildman–Crippen LogP) is 5.09. The van der Waals surface area contributed by atoms with Crippen LogP contribution in [0.3, 0.4) is 0 Å². The Labute approximate surface area is 170 Å². The Morgan fingerprint density at radius 3 is 2.62 bits per heavy atom. The van der Waals surface area contributed by atoms with Gasteiger partial charge in [0, 0.05) is 16.8 Å². The third kappa shape index (κ3) is 4.09. The summed E-state index contributed by atoms with van der Waals surface area (Å²) in [6.45, 7) is 0. The Kier molecular flexibility index (Phi) is 5.22. The number of benzene rings is 3. The van der Waals surface area contributed by atoms with Crippen LogP contribution in [-0.2, 0) is 4.79 Å². The van der Waals surface area contributed by atoms with Gasteiger partial charge in [-0.1, -0.05) is 24.3 Å². The standard InChI is InChI=1S/C22H16FNO4S/c23-14-8-9-19-17(11-14)21(16-6-1-2-7-18(16)28-19)29-12-20(25)24-15-5-3-4-13(10-15)22(26)27/h1-11,21H,12H2,(H,24,25)(H,26,27)/t21-/m0/s1. The van der Waals surface area contributed by atoms with Gasteiger partial charge in [-0.2, -0.15) is 0 Å². The fraction of sp³-hybridized carbons (Fsp3) is 0.0909. The highest BCUT2D eigenvalue weighted by Gasteiger charge is 2.28. The SMILES string of the molecule is O=C(CS[C@H]1c2ccccc2Oc2ccc(F)cc21)Nc1cccc(C(=O)O)c1. The number of thioether (sulfide) groups is 1. The van der Waals surface area contributed by atoms with Gasteiger partial charge in [0.25, 0.3) is 0 Å². The van der Waals surface area contributed by atoms with E-state index in [0.29, 0.717) is 22.7 Å². The van der Waals surface area contributed by atoms with E-state index in [4.69, 9.17) is 9.84 Å². The molecule has 0 spiro atoms. The minimum atomic E-state index is -1.06. The van der Waals surface area contributed by atoms with Gasteiger partial charge >= 0.3 is 5.97 Å². The first kappa shape index (κ1) is 19.0. The fourth-order valence-electron chi connectivity index (χ4n) is 3.16. The molecule has 4 rings (SSSR count). The van der Waals surface area contributed by atoms with Crippen LogP contribution in [0.5, 0.6) is 11.5 Å². The second kappa shape index (κ2) is 7.97. The number of nitrogens with one attached hydrogen (secondary N) is 1. The number of hydrogen-bond donors (Lipinski definition) is 2. The third-order valence-corrected chi connectivity index (χ3v) is 5.72. The second-order valence-electron chi connectivity index (χ2n) is 6.45. The maximum absolute atomic E-state index is 13.8. The molecule has 0 bridgehead atoms. The van der Waals surface area contributed by atoms with Gasteiger partial charge < -0.3 is 15.2 Å². The zero-order valence-electron chi connectivity index (χ0n) is 15.1. The molecule has 0 saturated carbocycles. The summed E-state index contributed by atoms with van der Waals surface area (Å²) in [7, 11) is 0. The van der Waals surface area contributed by atoms with Crippen molar-refractivity contribution in [2.45, 2.75) is 5.25 Å². The van der Waals surface area contributed by atoms with Gasteiger partial charge in [-0.3, -0.25) is 4.79 Å². The largest absolute Gasteiger partial charge is 0.478 e. The number of ether oxygens (including phenoxy) is 1. The molecule has 29 heavy (non-hydrogen) atoms. The summed E-state index contributed by atoms with van der Waals surface area (Å²) >= 11 is 1.35. The summed E-state index contributed by atoms with van der Waals surface area (Å²) in [5.41, 5.74) is 2.05. The van der Waals surface area contributed by atoms with Crippen molar-refractivity contribution in [1.29, 1.82) is 0 Å². The van der Waals surface area contributed by atoms with Crippen molar-refractivity contribution in [3.8, 4) is 11.5 Å². The fourth-order valence-corrected chi connectivity index (χ4v) is 4.29. The van der Waals surface area contributed by atoms with E-state index < -0.39 is 5.97 Å². The molecule has 7 heteroatoms. The molecule has 3 aromatic rings. The highest BCUT2D eigenvalue weighted by molar-refractivity contribution is 8.00. The normalized spacial score (nSPS) is 14.3. The quantitative estimate of drug-likeness (QED) is 0.614. The summed E-state index contributed by atoms with van der Waals surface area (Å²) in [6, 6.07) is 17.9. The summed E-state index contributed by atoms with van der Waals surface area (Å²) in [5.74, 6) is -0.359. The van der Waals surface area contributed by atoms with Crippen LogP contribution in [0.4, 0.5) is 10.1 Å². The number of carbonyl (C=O) groups excluding carboxylic acids is 1. The Hall–Kier alpha value is -3.32. The van der Waals surface area contributed by atoms with E-state index in [9.17, 15) is 14.0 Å². The molecule has 0 aromatic heterocycles. The predicted molar refractivity (Wildman–Crippen MR) is 109 cm³/mol. The molecule has 0 fully saturated rings. The number of para-hydroxylation sites is 1. The molecular weight excluding hydrogens is 393 g/mol. The zero-order valence-corrected chi connectivity index (χ0v) is 15.9. The number of rotatable bonds is 5. The maximum Gasteiger partial charge on any atom is 0.335 e. The van der Waals surface area contributed by atoms with Crippen molar-refractivity contribution < 1.29 is 23.8 Å². The number of carboxylic acids is 1. The lowest BCUT2D eigenvalue weighted by Gasteiger charge is -2.27. The average Bonchev–Trinajstić information content (AvgIpc) is 2.71. The van der Waals surface area contributed by atoms with E-state index in [0.717, 1.165) is 5.56 Å². The molecular formula is C22H16FNO4S. The van der Waals surface area contributed by atoms with E-state index in [1.54, 1.807) is 18.2 Å². The first-order valence-electron chi connectivity index (χ1n) is 8.82.